The zero-order chi connectivity index (χ0) is 10.2. The molecular formula is C10H18N4. The SMILES string of the molecule is NCCC(CN)NCc1ccccn1. The van der Waals surface area contributed by atoms with Crippen LogP contribution in [0.3, 0.4) is 0 Å². The standard InChI is InChI=1S/C10H18N4/c11-5-4-9(7-12)14-8-10-3-1-2-6-13-10/h1-3,6,9,14H,4-5,7-8,11-12H2. The number of hydrogen-bond acceptors (Lipinski definition) is 4. The number of nitrogens with two attached hydrogens (primary N) is 2. The van der Waals surface area contributed by atoms with Crippen LogP contribution in [-0.4, -0.2) is 24.1 Å². The Morgan fingerprint density at radius 2 is 2.21 bits per heavy atom. The summed E-state index contributed by atoms with van der Waals surface area (Å²) in [5.74, 6) is 0. The summed E-state index contributed by atoms with van der Waals surface area (Å²) < 4.78 is 0. The second-order valence-electron chi connectivity index (χ2n) is 3.21. The predicted molar refractivity (Wildman–Crippen MR) is 57.6 cm³/mol. The van der Waals surface area contributed by atoms with Gasteiger partial charge in [0.1, 0.15) is 0 Å². The number of hydrogen-bond donors (Lipinski definition) is 3. The number of nitrogens with zero attached hydrogens (tertiary/aromatic N) is 1. The van der Waals surface area contributed by atoms with Crippen LogP contribution in [0.5, 0.6) is 0 Å². The van der Waals surface area contributed by atoms with E-state index in [2.05, 4.69) is 10.3 Å². The van der Waals surface area contributed by atoms with E-state index >= 15 is 0 Å². The summed E-state index contributed by atoms with van der Waals surface area (Å²) in [6.45, 7) is 2.03. The summed E-state index contributed by atoms with van der Waals surface area (Å²) in [5, 5.41) is 3.32. The largest absolute Gasteiger partial charge is 0.330 e. The zero-order valence-electron chi connectivity index (χ0n) is 8.32. The van der Waals surface area contributed by atoms with Gasteiger partial charge in [-0.2, -0.15) is 0 Å². The highest BCUT2D eigenvalue weighted by atomic mass is 14.9. The van der Waals surface area contributed by atoms with Crippen molar-refractivity contribution in [3.05, 3.63) is 30.1 Å². The van der Waals surface area contributed by atoms with Gasteiger partial charge in [0.15, 0.2) is 0 Å². The normalized spacial score (nSPS) is 12.7. The fraction of sp³-hybridized carbons (Fsp3) is 0.500. The molecule has 1 aromatic heterocycles. The van der Waals surface area contributed by atoms with E-state index in [4.69, 9.17) is 11.5 Å². The lowest BCUT2D eigenvalue weighted by Gasteiger charge is -2.15. The van der Waals surface area contributed by atoms with Crippen LogP contribution in [0.15, 0.2) is 24.4 Å². The summed E-state index contributed by atoms with van der Waals surface area (Å²) in [7, 11) is 0. The summed E-state index contributed by atoms with van der Waals surface area (Å²) in [6, 6.07) is 6.17. The molecule has 1 atom stereocenters. The molecule has 1 heterocycles. The third kappa shape index (κ3) is 3.83. The summed E-state index contributed by atoms with van der Waals surface area (Å²) in [6.07, 6.45) is 2.70. The molecule has 0 spiro atoms. The highest BCUT2D eigenvalue weighted by Crippen LogP contribution is 1.94. The van der Waals surface area contributed by atoms with Crippen LogP contribution in [0.4, 0.5) is 0 Å². The van der Waals surface area contributed by atoms with Crippen LogP contribution in [0.25, 0.3) is 0 Å². The number of aromatic nitrogens is 1. The van der Waals surface area contributed by atoms with Gasteiger partial charge in [-0.25, -0.2) is 0 Å². The molecule has 4 nitrogen and oxygen atoms in total. The van der Waals surface area contributed by atoms with Crippen molar-refractivity contribution in [2.45, 2.75) is 19.0 Å². The summed E-state index contributed by atoms with van der Waals surface area (Å²) in [4.78, 5) is 4.21. The molecule has 0 aliphatic rings. The molecule has 4 heteroatoms. The Bertz CT molecular complexity index is 237. The third-order valence-electron chi connectivity index (χ3n) is 2.10. The van der Waals surface area contributed by atoms with Crippen LogP contribution in [0, 0.1) is 0 Å². The Morgan fingerprint density at radius 3 is 2.79 bits per heavy atom. The first kappa shape index (κ1) is 11.1. The minimum Gasteiger partial charge on any atom is -0.330 e. The first-order valence-corrected chi connectivity index (χ1v) is 4.90. The van der Waals surface area contributed by atoms with Crippen LogP contribution in [0.2, 0.25) is 0 Å². The molecule has 78 valence electrons. The maximum Gasteiger partial charge on any atom is 0.0541 e. The van der Waals surface area contributed by atoms with Gasteiger partial charge >= 0.3 is 0 Å². The highest BCUT2D eigenvalue weighted by Gasteiger charge is 2.04. The molecule has 0 saturated carbocycles. The van der Waals surface area contributed by atoms with Gasteiger partial charge in [-0.3, -0.25) is 4.98 Å². The molecule has 0 aromatic carbocycles. The van der Waals surface area contributed by atoms with Gasteiger partial charge in [-0.05, 0) is 25.1 Å². The Kier molecular flexibility index (Phi) is 5.14. The predicted octanol–water partition coefficient (Wildman–Crippen LogP) is -0.153. The lowest BCUT2D eigenvalue weighted by atomic mass is 10.2. The third-order valence-corrected chi connectivity index (χ3v) is 2.10. The van der Waals surface area contributed by atoms with Gasteiger partial charge in [0.2, 0.25) is 0 Å². The first-order valence-electron chi connectivity index (χ1n) is 4.90. The Balaban J connectivity index is 2.32. The van der Waals surface area contributed by atoms with E-state index in [9.17, 15) is 0 Å². The molecule has 14 heavy (non-hydrogen) atoms. The van der Waals surface area contributed by atoms with E-state index in [-0.39, 0.29) is 0 Å². The fourth-order valence-electron chi connectivity index (χ4n) is 1.26. The second kappa shape index (κ2) is 6.48. The van der Waals surface area contributed by atoms with Crippen molar-refractivity contribution in [3.63, 3.8) is 0 Å². The van der Waals surface area contributed by atoms with E-state index < -0.39 is 0 Å². The molecule has 0 amide bonds. The Morgan fingerprint density at radius 1 is 1.36 bits per heavy atom. The van der Waals surface area contributed by atoms with Crippen LogP contribution >= 0.6 is 0 Å². The molecule has 0 aliphatic heterocycles. The van der Waals surface area contributed by atoms with E-state index in [1.54, 1.807) is 6.20 Å². The van der Waals surface area contributed by atoms with Crippen LogP contribution in [0.1, 0.15) is 12.1 Å². The van der Waals surface area contributed by atoms with Gasteiger partial charge in [0.25, 0.3) is 0 Å². The number of pyridine rings is 1. The molecule has 0 bridgehead atoms. The van der Waals surface area contributed by atoms with Gasteiger partial charge in [0, 0.05) is 25.3 Å². The lowest BCUT2D eigenvalue weighted by molar-refractivity contribution is 0.489. The fourth-order valence-corrected chi connectivity index (χ4v) is 1.26. The quantitative estimate of drug-likeness (QED) is 0.588. The molecule has 1 aromatic rings. The van der Waals surface area contributed by atoms with E-state index in [1.807, 2.05) is 18.2 Å². The topological polar surface area (TPSA) is 77.0 Å². The van der Waals surface area contributed by atoms with E-state index in [0.29, 0.717) is 19.1 Å². The van der Waals surface area contributed by atoms with Crippen molar-refractivity contribution < 1.29 is 0 Å². The monoisotopic (exact) mass is 194 g/mol. The molecule has 0 saturated heterocycles. The van der Waals surface area contributed by atoms with Crippen molar-refractivity contribution in [1.29, 1.82) is 0 Å². The molecule has 5 N–H and O–H groups in total. The maximum atomic E-state index is 5.58. The molecule has 1 unspecified atom stereocenters. The molecule has 0 aliphatic carbocycles. The second-order valence-corrected chi connectivity index (χ2v) is 3.21. The van der Waals surface area contributed by atoms with Gasteiger partial charge in [0.05, 0.1) is 5.69 Å². The van der Waals surface area contributed by atoms with E-state index in [0.717, 1.165) is 18.7 Å². The van der Waals surface area contributed by atoms with E-state index in [1.165, 1.54) is 0 Å². The molecule has 0 radical (unpaired) electrons. The van der Waals surface area contributed by atoms with Crippen molar-refractivity contribution >= 4 is 0 Å². The van der Waals surface area contributed by atoms with Gasteiger partial charge in [-0.1, -0.05) is 6.07 Å². The Hall–Kier alpha value is -0.970. The average Bonchev–Trinajstić information content (AvgIpc) is 2.25. The lowest BCUT2D eigenvalue weighted by Crippen LogP contribution is -2.37. The average molecular weight is 194 g/mol. The molecular weight excluding hydrogens is 176 g/mol. The van der Waals surface area contributed by atoms with Crippen molar-refractivity contribution in [2.75, 3.05) is 13.1 Å². The highest BCUT2D eigenvalue weighted by molar-refractivity contribution is 5.03. The van der Waals surface area contributed by atoms with Crippen molar-refractivity contribution in [2.24, 2.45) is 11.5 Å². The van der Waals surface area contributed by atoms with Crippen molar-refractivity contribution in [1.82, 2.24) is 10.3 Å². The molecule has 1 rings (SSSR count). The summed E-state index contributed by atoms with van der Waals surface area (Å²) >= 11 is 0. The zero-order valence-corrected chi connectivity index (χ0v) is 8.32. The van der Waals surface area contributed by atoms with Gasteiger partial charge in [-0.15, -0.1) is 0 Å². The maximum absolute atomic E-state index is 5.58. The van der Waals surface area contributed by atoms with Crippen LogP contribution < -0.4 is 16.8 Å². The first-order chi connectivity index (χ1) is 6.86. The summed E-state index contributed by atoms with van der Waals surface area (Å²) in [5.41, 5.74) is 12.1. The minimum absolute atomic E-state index is 0.294. The van der Waals surface area contributed by atoms with Gasteiger partial charge < -0.3 is 16.8 Å². The molecule has 0 fully saturated rings. The minimum atomic E-state index is 0.294. The number of nitrogens with one attached hydrogen (secondary N) is 1. The Labute approximate surface area is 84.7 Å². The van der Waals surface area contributed by atoms with Crippen molar-refractivity contribution in [3.8, 4) is 0 Å². The smallest absolute Gasteiger partial charge is 0.0541 e. The van der Waals surface area contributed by atoms with Crippen LogP contribution in [-0.2, 0) is 6.54 Å². The number of rotatable bonds is 6.